The summed E-state index contributed by atoms with van der Waals surface area (Å²) in [6.45, 7) is 2.76. The molecule has 28 heavy (non-hydrogen) atoms. The Morgan fingerprint density at radius 3 is 2.50 bits per heavy atom. The van der Waals surface area contributed by atoms with Crippen molar-refractivity contribution in [3.05, 3.63) is 77.6 Å². The molecule has 1 aliphatic rings. The van der Waals surface area contributed by atoms with Crippen LogP contribution < -0.4 is 4.90 Å². The van der Waals surface area contributed by atoms with Gasteiger partial charge in [-0.2, -0.15) is 0 Å². The maximum atomic E-state index is 6.11. The standard InChI is InChI=1S/C21H17ClN6/c1-14-25-26-20-9-12-27(17-6-4-16(22)5-7-17)19-13-15(3-8-18(19)28(14)20)21-23-10-2-11-24-21/h2-8,10-11,13H,9,12H2,1H3. The fraction of sp³-hybridized carbons (Fsp3) is 0.143. The topological polar surface area (TPSA) is 59.7 Å². The number of aromatic nitrogens is 5. The molecule has 0 fully saturated rings. The highest BCUT2D eigenvalue weighted by Gasteiger charge is 2.24. The molecule has 0 N–H and O–H groups in total. The number of hydrogen-bond acceptors (Lipinski definition) is 5. The molecule has 6 nitrogen and oxygen atoms in total. The van der Waals surface area contributed by atoms with Gasteiger partial charge in [-0.05, 0) is 55.5 Å². The Hall–Kier alpha value is -3.25. The third-order valence-electron chi connectivity index (χ3n) is 4.92. The van der Waals surface area contributed by atoms with Gasteiger partial charge in [0.25, 0.3) is 0 Å². The van der Waals surface area contributed by atoms with E-state index < -0.39 is 0 Å². The summed E-state index contributed by atoms with van der Waals surface area (Å²) in [6.07, 6.45) is 4.30. The third-order valence-corrected chi connectivity index (χ3v) is 5.17. The predicted octanol–water partition coefficient (Wildman–Crippen LogP) is 4.38. The van der Waals surface area contributed by atoms with Crippen LogP contribution in [-0.2, 0) is 6.42 Å². The zero-order chi connectivity index (χ0) is 19.1. The van der Waals surface area contributed by atoms with Crippen molar-refractivity contribution in [2.24, 2.45) is 0 Å². The van der Waals surface area contributed by atoms with Crippen LogP contribution >= 0.6 is 11.6 Å². The summed E-state index contributed by atoms with van der Waals surface area (Å²) in [5, 5.41) is 9.38. The third kappa shape index (κ3) is 2.82. The summed E-state index contributed by atoms with van der Waals surface area (Å²) in [5.41, 5.74) is 4.15. The lowest BCUT2D eigenvalue weighted by Gasteiger charge is -2.25. The Morgan fingerprint density at radius 2 is 1.71 bits per heavy atom. The van der Waals surface area contributed by atoms with Crippen LogP contribution in [0.1, 0.15) is 11.6 Å². The van der Waals surface area contributed by atoms with Crippen LogP contribution in [0.25, 0.3) is 17.1 Å². The number of benzene rings is 2. The number of anilines is 2. The van der Waals surface area contributed by atoms with E-state index in [1.54, 1.807) is 12.4 Å². The van der Waals surface area contributed by atoms with Crippen LogP contribution in [0.5, 0.6) is 0 Å². The first kappa shape index (κ1) is 16.9. The van der Waals surface area contributed by atoms with Crippen LogP contribution in [0.3, 0.4) is 0 Å². The molecule has 0 saturated carbocycles. The Kier molecular flexibility index (Phi) is 4.06. The molecule has 138 valence electrons. The zero-order valence-corrected chi connectivity index (χ0v) is 16.0. The van der Waals surface area contributed by atoms with Crippen molar-refractivity contribution in [3.8, 4) is 17.1 Å². The van der Waals surface area contributed by atoms with Crippen molar-refractivity contribution in [2.45, 2.75) is 13.3 Å². The predicted molar refractivity (Wildman–Crippen MR) is 109 cm³/mol. The Labute approximate surface area is 167 Å². The summed E-state index contributed by atoms with van der Waals surface area (Å²) in [4.78, 5) is 11.1. The van der Waals surface area contributed by atoms with Gasteiger partial charge in [0.1, 0.15) is 11.6 Å². The molecule has 0 unspecified atom stereocenters. The van der Waals surface area contributed by atoms with E-state index in [-0.39, 0.29) is 0 Å². The lowest BCUT2D eigenvalue weighted by Crippen LogP contribution is -2.19. The minimum Gasteiger partial charge on any atom is -0.339 e. The monoisotopic (exact) mass is 388 g/mol. The second kappa shape index (κ2) is 6.73. The van der Waals surface area contributed by atoms with Gasteiger partial charge in [0, 0.05) is 41.6 Å². The molecule has 3 heterocycles. The minimum absolute atomic E-state index is 0.700. The van der Waals surface area contributed by atoms with E-state index in [0.29, 0.717) is 5.82 Å². The number of halogens is 1. The molecule has 4 aromatic rings. The van der Waals surface area contributed by atoms with E-state index in [0.717, 1.165) is 52.3 Å². The summed E-state index contributed by atoms with van der Waals surface area (Å²) in [6, 6.07) is 16.0. The summed E-state index contributed by atoms with van der Waals surface area (Å²) < 4.78 is 2.13. The SMILES string of the molecule is Cc1nnc2n1-c1ccc(-c3ncccn3)cc1N(c1ccc(Cl)cc1)CC2. The van der Waals surface area contributed by atoms with Crippen LogP contribution in [0, 0.1) is 6.92 Å². The van der Waals surface area contributed by atoms with Crippen molar-refractivity contribution < 1.29 is 0 Å². The summed E-state index contributed by atoms with van der Waals surface area (Å²) in [7, 11) is 0. The van der Waals surface area contributed by atoms with Gasteiger partial charge in [-0.1, -0.05) is 11.6 Å². The fourth-order valence-electron chi connectivity index (χ4n) is 3.62. The molecule has 0 aliphatic carbocycles. The Bertz CT molecular complexity index is 1140. The molecule has 1 aliphatic heterocycles. The average Bonchev–Trinajstić information content (AvgIpc) is 3.01. The van der Waals surface area contributed by atoms with Crippen molar-refractivity contribution >= 4 is 23.0 Å². The van der Waals surface area contributed by atoms with Crippen molar-refractivity contribution in [1.29, 1.82) is 0 Å². The molecule has 5 rings (SSSR count). The lowest BCUT2D eigenvalue weighted by molar-refractivity contribution is 0.838. The van der Waals surface area contributed by atoms with Crippen LogP contribution in [-0.4, -0.2) is 31.3 Å². The van der Waals surface area contributed by atoms with Crippen LogP contribution in [0.15, 0.2) is 60.9 Å². The highest BCUT2D eigenvalue weighted by Crippen LogP contribution is 2.37. The van der Waals surface area contributed by atoms with Crippen LogP contribution in [0.2, 0.25) is 5.02 Å². The summed E-state index contributed by atoms with van der Waals surface area (Å²) in [5.74, 6) is 2.53. The van der Waals surface area contributed by atoms with Gasteiger partial charge >= 0.3 is 0 Å². The highest BCUT2D eigenvalue weighted by atomic mass is 35.5. The second-order valence-electron chi connectivity index (χ2n) is 6.65. The first-order chi connectivity index (χ1) is 13.7. The molecule has 2 aromatic carbocycles. The van der Waals surface area contributed by atoms with Gasteiger partial charge in [-0.25, -0.2) is 9.97 Å². The smallest absolute Gasteiger partial charge is 0.159 e. The molecule has 0 bridgehead atoms. The quantitative estimate of drug-likeness (QED) is 0.510. The van der Waals surface area contributed by atoms with Gasteiger partial charge < -0.3 is 4.90 Å². The molecular weight excluding hydrogens is 372 g/mol. The van der Waals surface area contributed by atoms with Crippen molar-refractivity contribution in [1.82, 2.24) is 24.7 Å². The van der Waals surface area contributed by atoms with Gasteiger partial charge in [0.05, 0.1) is 11.4 Å². The molecule has 0 amide bonds. The van der Waals surface area contributed by atoms with E-state index in [1.165, 1.54) is 0 Å². The molecule has 0 saturated heterocycles. The van der Waals surface area contributed by atoms with E-state index >= 15 is 0 Å². The summed E-state index contributed by atoms with van der Waals surface area (Å²) >= 11 is 6.11. The van der Waals surface area contributed by atoms with Crippen molar-refractivity contribution in [3.63, 3.8) is 0 Å². The normalized spacial score (nSPS) is 13.0. The highest BCUT2D eigenvalue weighted by molar-refractivity contribution is 6.30. The first-order valence-electron chi connectivity index (χ1n) is 9.06. The van der Waals surface area contributed by atoms with Gasteiger partial charge in [0.2, 0.25) is 0 Å². The largest absolute Gasteiger partial charge is 0.339 e. The fourth-order valence-corrected chi connectivity index (χ4v) is 3.74. The second-order valence-corrected chi connectivity index (χ2v) is 7.09. The van der Waals surface area contributed by atoms with Crippen molar-refractivity contribution in [2.75, 3.05) is 11.4 Å². The number of rotatable bonds is 2. The number of aryl methyl sites for hydroxylation is 1. The van der Waals surface area contributed by atoms with E-state index in [2.05, 4.69) is 41.8 Å². The minimum atomic E-state index is 0.700. The maximum absolute atomic E-state index is 6.11. The average molecular weight is 389 g/mol. The van der Waals surface area contributed by atoms with E-state index in [1.807, 2.05) is 43.3 Å². The lowest BCUT2D eigenvalue weighted by atomic mass is 10.1. The Balaban J connectivity index is 1.72. The number of hydrogen-bond donors (Lipinski definition) is 0. The molecular formula is C21H17ClN6. The first-order valence-corrected chi connectivity index (χ1v) is 9.44. The van der Waals surface area contributed by atoms with Gasteiger partial charge in [-0.3, -0.25) is 4.57 Å². The van der Waals surface area contributed by atoms with Crippen LogP contribution in [0.4, 0.5) is 11.4 Å². The van der Waals surface area contributed by atoms with Gasteiger partial charge in [-0.15, -0.1) is 10.2 Å². The maximum Gasteiger partial charge on any atom is 0.159 e. The molecule has 7 heteroatoms. The number of fused-ring (bicyclic) bond motifs is 3. The van der Waals surface area contributed by atoms with E-state index in [4.69, 9.17) is 11.6 Å². The molecule has 0 spiro atoms. The molecule has 0 atom stereocenters. The van der Waals surface area contributed by atoms with E-state index in [9.17, 15) is 0 Å². The molecule has 2 aromatic heterocycles. The Morgan fingerprint density at radius 1 is 0.929 bits per heavy atom. The number of nitrogens with zero attached hydrogens (tertiary/aromatic N) is 6. The molecule has 0 radical (unpaired) electrons. The van der Waals surface area contributed by atoms with Gasteiger partial charge in [0.15, 0.2) is 5.82 Å². The zero-order valence-electron chi connectivity index (χ0n) is 15.2.